The van der Waals surface area contributed by atoms with Gasteiger partial charge < -0.3 is 10.8 Å². The minimum atomic E-state index is -1.07. The Balaban J connectivity index is 2.58. The molecule has 1 aromatic heterocycles. The quantitative estimate of drug-likeness (QED) is 0.853. The third-order valence-corrected chi connectivity index (χ3v) is 2.46. The van der Waals surface area contributed by atoms with E-state index in [2.05, 4.69) is 4.98 Å². The maximum Gasteiger partial charge on any atom is 0.337 e. The summed E-state index contributed by atoms with van der Waals surface area (Å²) in [6.45, 7) is 0. The molecule has 3 N–H and O–H groups in total. The van der Waals surface area contributed by atoms with Crippen molar-refractivity contribution in [3.05, 3.63) is 53.7 Å². The molecule has 2 aromatic rings. The Kier molecular flexibility index (Phi) is 3.05. The van der Waals surface area contributed by atoms with Crippen molar-refractivity contribution in [3.63, 3.8) is 0 Å². The van der Waals surface area contributed by atoms with Gasteiger partial charge in [-0.05, 0) is 24.3 Å². The molecule has 0 aliphatic heterocycles. The first-order valence-corrected chi connectivity index (χ1v) is 5.18. The van der Waals surface area contributed by atoms with Gasteiger partial charge in [0.1, 0.15) is 0 Å². The van der Waals surface area contributed by atoms with Crippen molar-refractivity contribution in [2.24, 2.45) is 5.73 Å². The summed E-state index contributed by atoms with van der Waals surface area (Å²) in [7, 11) is 0. The number of nitrogens with two attached hydrogens (primary N) is 1. The average molecular weight is 242 g/mol. The highest BCUT2D eigenvalue weighted by Crippen LogP contribution is 2.22. The van der Waals surface area contributed by atoms with Gasteiger partial charge in [0.25, 0.3) is 0 Å². The number of aromatic nitrogens is 1. The van der Waals surface area contributed by atoms with Crippen molar-refractivity contribution in [3.8, 4) is 11.3 Å². The number of nitrogens with zero attached hydrogens (tertiary/aromatic N) is 1. The monoisotopic (exact) mass is 242 g/mol. The second-order valence-corrected chi connectivity index (χ2v) is 3.65. The molecular weight excluding hydrogens is 232 g/mol. The van der Waals surface area contributed by atoms with E-state index in [-0.39, 0.29) is 5.56 Å². The molecule has 5 heteroatoms. The van der Waals surface area contributed by atoms with Crippen molar-refractivity contribution in [2.45, 2.75) is 0 Å². The molecule has 18 heavy (non-hydrogen) atoms. The molecule has 0 unspecified atom stereocenters. The van der Waals surface area contributed by atoms with Crippen LogP contribution in [-0.4, -0.2) is 22.0 Å². The van der Waals surface area contributed by atoms with Crippen LogP contribution in [0.2, 0.25) is 0 Å². The summed E-state index contributed by atoms with van der Waals surface area (Å²) in [6.07, 6.45) is 1.50. The van der Waals surface area contributed by atoms with Crippen LogP contribution in [0.25, 0.3) is 11.3 Å². The molecule has 5 nitrogen and oxygen atoms in total. The fourth-order valence-electron chi connectivity index (χ4n) is 1.63. The Morgan fingerprint density at radius 2 is 1.94 bits per heavy atom. The zero-order chi connectivity index (χ0) is 13.1. The Labute approximate surface area is 103 Å². The highest BCUT2D eigenvalue weighted by atomic mass is 16.4. The molecule has 0 spiro atoms. The van der Waals surface area contributed by atoms with Crippen LogP contribution in [-0.2, 0) is 0 Å². The number of primary amides is 1. The van der Waals surface area contributed by atoms with Gasteiger partial charge in [-0.25, -0.2) is 4.79 Å². The van der Waals surface area contributed by atoms with Gasteiger partial charge in [0.2, 0.25) is 5.91 Å². The van der Waals surface area contributed by atoms with Gasteiger partial charge in [0.05, 0.1) is 11.3 Å². The normalized spacial score (nSPS) is 10.0. The molecule has 2 rings (SSSR count). The van der Waals surface area contributed by atoms with Crippen LogP contribution in [0, 0.1) is 0 Å². The second kappa shape index (κ2) is 4.67. The van der Waals surface area contributed by atoms with Gasteiger partial charge >= 0.3 is 5.97 Å². The molecule has 90 valence electrons. The number of amides is 1. The number of carbonyl (C=O) groups is 2. The fraction of sp³-hybridized carbons (Fsp3) is 0. The predicted octanol–water partition coefficient (Wildman–Crippen LogP) is 1.55. The summed E-state index contributed by atoms with van der Waals surface area (Å²) in [5.41, 5.74) is 6.44. The molecule has 1 amide bonds. The summed E-state index contributed by atoms with van der Waals surface area (Å²) in [5.74, 6) is -1.63. The standard InChI is InChI=1S/C13H10N2O3/c14-12(16)9-4-1-3-8(7-9)11-10(13(17)18)5-2-6-15-11/h1-7H,(H2,14,16)(H,17,18). The van der Waals surface area contributed by atoms with Crippen molar-refractivity contribution >= 4 is 11.9 Å². The minimum absolute atomic E-state index is 0.0825. The lowest BCUT2D eigenvalue weighted by Crippen LogP contribution is -2.11. The van der Waals surface area contributed by atoms with Gasteiger partial charge in [0, 0.05) is 17.3 Å². The zero-order valence-corrected chi connectivity index (χ0v) is 9.33. The van der Waals surface area contributed by atoms with Crippen LogP contribution in [0.1, 0.15) is 20.7 Å². The van der Waals surface area contributed by atoms with Crippen LogP contribution in [0.5, 0.6) is 0 Å². The topological polar surface area (TPSA) is 93.3 Å². The van der Waals surface area contributed by atoms with E-state index in [4.69, 9.17) is 10.8 Å². The van der Waals surface area contributed by atoms with E-state index < -0.39 is 11.9 Å². The molecule has 0 radical (unpaired) electrons. The molecule has 1 heterocycles. The lowest BCUT2D eigenvalue weighted by molar-refractivity contribution is 0.0697. The van der Waals surface area contributed by atoms with E-state index in [1.54, 1.807) is 24.3 Å². The number of carbonyl (C=O) groups excluding carboxylic acids is 1. The molecule has 0 saturated heterocycles. The van der Waals surface area contributed by atoms with E-state index in [9.17, 15) is 9.59 Å². The average Bonchev–Trinajstić information content (AvgIpc) is 2.39. The predicted molar refractivity (Wildman–Crippen MR) is 65.2 cm³/mol. The van der Waals surface area contributed by atoms with E-state index in [1.165, 1.54) is 18.3 Å². The van der Waals surface area contributed by atoms with Crippen molar-refractivity contribution in [1.82, 2.24) is 4.98 Å². The first kappa shape index (κ1) is 11.8. The van der Waals surface area contributed by atoms with Crippen LogP contribution in [0.15, 0.2) is 42.6 Å². The molecule has 0 aliphatic rings. The SMILES string of the molecule is NC(=O)c1cccc(-c2ncccc2C(=O)O)c1. The highest BCUT2D eigenvalue weighted by molar-refractivity contribution is 5.97. The fourth-order valence-corrected chi connectivity index (χ4v) is 1.63. The summed E-state index contributed by atoms with van der Waals surface area (Å²) in [5, 5.41) is 9.07. The third kappa shape index (κ3) is 2.20. The van der Waals surface area contributed by atoms with Crippen molar-refractivity contribution < 1.29 is 14.7 Å². The zero-order valence-electron chi connectivity index (χ0n) is 9.33. The number of benzene rings is 1. The Hall–Kier alpha value is -2.69. The third-order valence-electron chi connectivity index (χ3n) is 2.46. The van der Waals surface area contributed by atoms with Crippen LogP contribution in [0.3, 0.4) is 0 Å². The second-order valence-electron chi connectivity index (χ2n) is 3.65. The largest absolute Gasteiger partial charge is 0.478 e. The van der Waals surface area contributed by atoms with Crippen molar-refractivity contribution in [2.75, 3.05) is 0 Å². The van der Waals surface area contributed by atoms with E-state index >= 15 is 0 Å². The molecule has 0 saturated carbocycles. The first-order valence-electron chi connectivity index (χ1n) is 5.18. The number of rotatable bonds is 3. The maximum absolute atomic E-state index is 11.1. The number of pyridine rings is 1. The number of hydrogen-bond donors (Lipinski definition) is 2. The number of carboxylic acids is 1. The molecule has 0 atom stereocenters. The van der Waals surface area contributed by atoms with Gasteiger partial charge in [-0.3, -0.25) is 9.78 Å². The molecule has 0 bridgehead atoms. The van der Waals surface area contributed by atoms with E-state index in [0.717, 1.165) is 0 Å². The van der Waals surface area contributed by atoms with Crippen LogP contribution < -0.4 is 5.73 Å². The number of aromatic carboxylic acids is 1. The van der Waals surface area contributed by atoms with Gasteiger partial charge in [-0.15, -0.1) is 0 Å². The number of hydrogen-bond acceptors (Lipinski definition) is 3. The molecule has 1 aromatic carbocycles. The lowest BCUT2D eigenvalue weighted by Gasteiger charge is -2.05. The Bertz CT molecular complexity index is 623. The molecule has 0 fully saturated rings. The van der Waals surface area contributed by atoms with E-state index in [0.29, 0.717) is 16.8 Å². The minimum Gasteiger partial charge on any atom is -0.478 e. The summed E-state index contributed by atoms with van der Waals surface area (Å²) < 4.78 is 0. The highest BCUT2D eigenvalue weighted by Gasteiger charge is 2.13. The molecule has 0 aliphatic carbocycles. The van der Waals surface area contributed by atoms with Gasteiger partial charge in [-0.1, -0.05) is 12.1 Å². The molecular formula is C13H10N2O3. The summed E-state index contributed by atoms with van der Waals surface area (Å²) in [4.78, 5) is 26.2. The van der Waals surface area contributed by atoms with Gasteiger partial charge in [0.15, 0.2) is 0 Å². The smallest absolute Gasteiger partial charge is 0.337 e. The summed E-state index contributed by atoms with van der Waals surface area (Å²) in [6, 6.07) is 9.41. The first-order chi connectivity index (χ1) is 8.59. The van der Waals surface area contributed by atoms with Gasteiger partial charge in [-0.2, -0.15) is 0 Å². The number of carboxylic acid groups (broad SMARTS) is 1. The maximum atomic E-state index is 11.1. The lowest BCUT2D eigenvalue weighted by atomic mass is 10.0. The van der Waals surface area contributed by atoms with Crippen molar-refractivity contribution in [1.29, 1.82) is 0 Å². The van der Waals surface area contributed by atoms with Crippen LogP contribution in [0.4, 0.5) is 0 Å². The Morgan fingerprint density at radius 1 is 1.17 bits per heavy atom. The van der Waals surface area contributed by atoms with E-state index in [1.807, 2.05) is 0 Å². The van der Waals surface area contributed by atoms with Crippen LogP contribution >= 0.6 is 0 Å². The Morgan fingerprint density at radius 3 is 2.61 bits per heavy atom. The summed E-state index contributed by atoms with van der Waals surface area (Å²) >= 11 is 0.